The van der Waals surface area contributed by atoms with Crippen molar-refractivity contribution < 1.29 is 34.1 Å². The second-order valence-corrected chi connectivity index (χ2v) is 19.0. The minimum Gasteiger partial charge on any atom is -0.494 e. The Bertz CT molecular complexity index is 1200. The van der Waals surface area contributed by atoms with Crippen LogP contribution in [0, 0.1) is 0 Å². The van der Waals surface area contributed by atoms with Gasteiger partial charge in [0.25, 0.3) is 5.91 Å². The number of aliphatic hydroxyl groups is 1. The molecule has 374 valence electrons. The van der Waals surface area contributed by atoms with Crippen LogP contribution in [0.15, 0.2) is 12.3 Å². The van der Waals surface area contributed by atoms with E-state index in [0.29, 0.717) is 44.5 Å². The highest BCUT2D eigenvalue weighted by molar-refractivity contribution is 5.94. The number of nitrogens with one attached hydrogen (secondary N) is 1. The fraction of sp³-hybridized carbons (Fsp3) is 0.870. The minimum absolute atomic E-state index is 0.0203. The third-order valence-corrected chi connectivity index (χ3v) is 12.7. The van der Waals surface area contributed by atoms with Crippen molar-refractivity contribution in [1.82, 2.24) is 14.8 Å². The van der Waals surface area contributed by atoms with Gasteiger partial charge in [-0.2, -0.15) is 0 Å². The highest BCUT2D eigenvalue weighted by atomic mass is 16.5. The smallest absolute Gasteiger partial charge is 0.306 e. The van der Waals surface area contributed by atoms with Crippen LogP contribution in [-0.4, -0.2) is 82.5 Å². The average Bonchev–Trinajstić information content (AvgIpc) is 3.62. The molecule has 0 aromatic carbocycles. The molecule has 0 saturated carbocycles. The van der Waals surface area contributed by atoms with Crippen molar-refractivity contribution in [2.24, 2.45) is 7.05 Å². The number of nitrogens with zero attached hydrogens (tertiary/aromatic N) is 2. The van der Waals surface area contributed by atoms with Crippen molar-refractivity contribution in [1.29, 1.82) is 0 Å². The number of amides is 1. The summed E-state index contributed by atoms with van der Waals surface area (Å²) < 4.78 is 13.1. The Morgan fingerprint density at radius 2 is 1.05 bits per heavy atom. The third kappa shape index (κ3) is 35.6. The Morgan fingerprint density at radius 1 is 0.594 bits per heavy atom. The lowest BCUT2D eigenvalue weighted by Gasteiger charge is -2.25. The first-order valence-electron chi connectivity index (χ1n) is 27.1. The van der Waals surface area contributed by atoms with E-state index in [2.05, 4.69) is 31.0 Å². The van der Waals surface area contributed by atoms with Gasteiger partial charge in [0, 0.05) is 45.2 Å². The predicted octanol–water partition coefficient (Wildman–Crippen LogP) is 13.7. The van der Waals surface area contributed by atoms with Gasteiger partial charge in [0.15, 0.2) is 5.88 Å². The van der Waals surface area contributed by atoms with Gasteiger partial charge in [0.05, 0.1) is 18.3 Å². The molecule has 0 spiro atoms. The van der Waals surface area contributed by atoms with Crippen molar-refractivity contribution in [3.05, 3.63) is 17.8 Å². The Morgan fingerprint density at radius 3 is 1.58 bits per heavy atom. The van der Waals surface area contributed by atoms with E-state index < -0.39 is 6.10 Å². The molecule has 1 amide bonds. The molecule has 10 nitrogen and oxygen atoms in total. The fourth-order valence-electron chi connectivity index (χ4n) is 8.57. The quantitative estimate of drug-likeness (QED) is 0.0435. The summed E-state index contributed by atoms with van der Waals surface area (Å²) in [6, 6.07) is 1.46. The van der Waals surface area contributed by atoms with Crippen LogP contribution in [0.25, 0.3) is 0 Å². The van der Waals surface area contributed by atoms with Gasteiger partial charge in [-0.05, 0) is 90.1 Å². The zero-order chi connectivity index (χ0) is 46.7. The van der Waals surface area contributed by atoms with Crippen molar-refractivity contribution in [2.75, 3.05) is 32.8 Å². The van der Waals surface area contributed by atoms with E-state index in [4.69, 9.17) is 9.47 Å². The first-order chi connectivity index (χ1) is 31.2. The lowest BCUT2D eigenvalue weighted by Crippen LogP contribution is -2.34. The minimum atomic E-state index is -0.449. The number of carbonyl (C=O) groups excluding carboxylic acids is 3. The Labute approximate surface area is 393 Å². The molecule has 10 heteroatoms. The number of carbonyl (C=O) groups is 3. The summed E-state index contributed by atoms with van der Waals surface area (Å²) >= 11 is 0. The molecule has 0 aliphatic carbocycles. The molecule has 0 saturated heterocycles. The van der Waals surface area contributed by atoms with Gasteiger partial charge in [-0.25, -0.2) is 0 Å². The van der Waals surface area contributed by atoms with Gasteiger partial charge in [-0.3, -0.25) is 14.4 Å². The average molecular weight is 904 g/mol. The van der Waals surface area contributed by atoms with Crippen LogP contribution < -0.4 is 5.32 Å². The molecule has 0 aliphatic rings. The molecule has 1 aromatic heterocycles. The van der Waals surface area contributed by atoms with Crippen molar-refractivity contribution in [3.63, 3.8) is 0 Å². The summed E-state index contributed by atoms with van der Waals surface area (Å²) in [6.45, 7) is 10.2. The second-order valence-electron chi connectivity index (χ2n) is 19.0. The normalized spacial score (nSPS) is 12.0. The molecule has 1 atom stereocenters. The molecule has 1 heterocycles. The third-order valence-electron chi connectivity index (χ3n) is 12.7. The van der Waals surface area contributed by atoms with Crippen LogP contribution in [0.2, 0.25) is 0 Å². The summed E-state index contributed by atoms with van der Waals surface area (Å²) in [5.74, 6) is -0.258. The van der Waals surface area contributed by atoms with Gasteiger partial charge in [0.1, 0.15) is 6.10 Å². The largest absolute Gasteiger partial charge is 0.494 e. The number of hydrogen-bond acceptors (Lipinski definition) is 8. The molecule has 0 bridgehead atoms. The molecule has 1 aromatic rings. The zero-order valence-electron chi connectivity index (χ0n) is 42.1. The number of esters is 2. The van der Waals surface area contributed by atoms with Crippen LogP contribution >= 0.6 is 0 Å². The van der Waals surface area contributed by atoms with Crippen molar-refractivity contribution in [2.45, 2.75) is 264 Å². The molecule has 0 aliphatic heterocycles. The van der Waals surface area contributed by atoms with E-state index in [1.54, 1.807) is 13.2 Å². The van der Waals surface area contributed by atoms with E-state index in [1.807, 2.05) is 0 Å². The maximum atomic E-state index is 12.9. The van der Waals surface area contributed by atoms with Crippen molar-refractivity contribution in [3.8, 4) is 5.88 Å². The first kappa shape index (κ1) is 59.4. The van der Waals surface area contributed by atoms with Gasteiger partial charge < -0.3 is 34.5 Å². The number of hydrogen-bond donors (Lipinski definition) is 3. The van der Waals surface area contributed by atoms with Crippen LogP contribution in [0.4, 0.5) is 0 Å². The van der Waals surface area contributed by atoms with Crippen LogP contribution in [0.1, 0.15) is 262 Å². The van der Waals surface area contributed by atoms with Gasteiger partial charge >= 0.3 is 11.9 Å². The number of aromatic hydroxyl groups is 1. The summed E-state index contributed by atoms with van der Waals surface area (Å²) in [5, 5.41) is 23.7. The zero-order valence-corrected chi connectivity index (χ0v) is 42.1. The second kappa shape index (κ2) is 43.0. The number of aromatic nitrogens is 1. The summed E-state index contributed by atoms with van der Waals surface area (Å²) in [7, 11) is 1.69. The van der Waals surface area contributed by atoms with Crippen molar-refractivity contribution >= 4 is 17.8 Å². The molecule has 64 heavy (non-hydrogen) atoms. The van der Waals surface area contributed by atoms with E-state index in [1.165, 1.54) is 120 Å². The first-order valence-corrected chi connectivity index (χ1v) is 27.1. The standard InChI is InChI=1S/C54H101N3O7/c1-5-8-11-14-17-18-19-25-35-44-63-52(60)39-30-26-34-43-57(47-49(58)36-31-32-41-55-54(62)48-45-51(59)56(4)46-48)42-33-24-20-23-29-40-53(61)64-50(37-27-21-15-12-9-6-2)38-28-22-16-13-10-7-3/h45-46,49-50,58-59H,5-44,47H2,1-4H3,(H,55,62). The lowest BCUT2D eigenvalue weighted by molar-refractivity contribution is -0.150. The SMILES string of the molecule is CCCCCCCCCCCOC(=O)CCCCCN(CCCCCCCC(=O)OC(CCCCCCCC)CCCCCCCC)CC(O)CCCCNC(=O)c1cc(O)n(C)c1. The summed E-state index contributed by atoms with van der Waals surface area (Å²) in [4.78, 5) is 40.0. The van der Waals surface area contributed by atoms with E-state index in [0.717, 1.165) is 116 Å². The molecule has 3 N–H and O–H groups in total. The van der Waals surface area contributed by atoms with Crippen LogP contribution in [0.3, 0.4) is 0 Å². The number of rotatable bonds is 47. The summed E-state index contributed by atoms with van der Waals surface area (Å²) in [6.07, 6.45) is 40.7. The Hall–Kier alpha value is -2.59. The fourth-order valence-corrected chi connectivity index (χ4v) is 8.57. The number of unbranched alkanes of at least 4 members (excludes halogenated alkanes) is 25. The predicted molar refractivity (Wildman–Crippen MR) is 266 cm³/mol. The van der Waals surface area contributed by atoms with Crippen LogP contribution in [-0.2, 0) is 26.1 Å². The van der Waals surface area contributed by atoms with Gasteiger partial charge in [0.2, 0.25) is 0 Å². The maximum Gasteiger partial charge on any atom is 0.306 e. The Kier molecular flexibility index (Phi) is 39.9. The van der Waals surface area contributed by atoms with Gasteiger partial charge in [-0.15, -0.1) is 0 Å². The highest BCUT2D eigenvalue weighted by Crippen LogP contribution is 2.19. The Balaban J connectivity index is 2.44. The lowest BCUT2D eigenvalue weighted by atomic mass is 10.0. The maximum absolute atomic E-state index is 12.9. The molecular formula is C54H101N3O7. The van der Waals surface area contributed by atoms with E-state index >= 15 is 0 Å². The molecule has 0 radical (unpaired) electrons. The van der Waals surface area contributed by atoms with Crippen LogP contribution in [0.5, 0.6) is 5.88 Å². The van der Waals surface area contributed by atoms with Gasteiger partial charge in [-0.1, -0.05) is 162 Å². The monoisotopic (exact) mass is 904 g/mol. The summed E-state index contributed by atoms with van der Waals surface area (Å²) in [5.41, 5.74) is 0.436. The molecular weight excluding hydrogens is 803 g/mol. The highest BCUT2D eigenvalue weighted by Gasteiger charge is 2.16. The molecule has 0 fully saturated rings. The van der Waals surface area contributed by atoms with E-state index in [9.17, 15) is 24.6 Å². The molecule has 1 unspecified atom stereocenters. The van der Waals surface area contributed by atoms with E-state index in [-0.39, 0.29) is 29.8 Å². The number of aliphatic hydroxyl groups excluding tert-OH is 1. The number of aryl methyl sites for hydroxylation is 1. The number of ether oxygens (including phenoxy) is 2. The topological polar surface area (TPSA) is 130 Å². The molecule has 1 rings (SSSR count).